The molecule has 1 aliphatic rings. The standard InChI is InChI=1S/C33H45N3O7/c1-20-18-26(20)36(29(39)21(2)34-31(41)43-33(6,7)8)27(23-14-16-24(37)17-15-23)28(38)35-25(30(40)42-32(3,4)5)19-22-12-10-9-11-13-22/h9-17,20-21,25-27,37H,18-19H2,1-8H3,(H,34,41)(H,35,38). The van der Waals surface area contributed by atoms with E-state index in [9.17, 15) is 24.3 Å². The number of alkyl carbamates (subject to hydrolysis) is 1. The molecule has 3 amide bonds. The van der Waals surface area contributed by atoms with E-state index in [0.29, 0.717) is 12.0 Å². The number of carbonyl (C=O) groups is 4. The number of esters is 1. The molecule has 43 heavy (non-hydrogen) atoms. The summed E-state index contributed by atoms with van der Waals surface area (Å²) in [6, 6.07) is 11.8. The Bertz CT molecular complexity index is 1280. The number of amides is 3. The maximum absolute atomic E-state index is 14.2. The maximum atomic E-state index is 14.2. The average molecular weight is 596 g/mol. The molecule has 5 atom stereocenters. The molecule has 0 radical (unpaired) electrons. The van der Waals surface area contributed by atoms with E-state index in [-0.39, 0.29) is 24.1 Å². The van der Waals surface area contributed by atoms with Gasteiger partial charge in [-0.25, -0.2) is 9.59 Å². The number of ether oxygens (including phenoxy) is 2. The van der Waals surface area contributed by atoms with E-state index >= 15 is 0 Å². The zero-order valence-corrected chi connectivity index (χ0v) is 26.3. The topological polar surface area (TPSA) is 134 Å². The van der Waals surface area contributed by atoms with Crippen molar-refractivity contribution in [2.45, 2.75) is 104 Å². The van der Waals surface area contributed by atoms with Crippen LogP contribution >= 0.6 is 0 Å². The van der Waals surface area contributed by atoms with Crippen molar-refractivity contribution in [3.05, 3.63) is 65.7 Å². The summed E-state index contributed by atoms with van der Waals surface area (Å²) in [6.45, 7) is 13.9. The van der Waals surface area contributed by atoms with Crippen LogP contribution in [0.3, 0.4) is 0 Å². The molecule has 2 aromatic carbocycles. The summed E-state index contributed by atoms with van der Waals surface area (Å²) in [6.07, 6.45) is 0.0797. The van der Waals surface area contributed by atoms with Gasteiger partial charge in [-0.15, -0.1) is 0 Å². The van der Waals surface area contributed by atoms with Gasteiger partial charge < -0.3 is 30.1 Å². The van der Waals surface area contributed by atoms with Crippen LogP contribution in [0, 0.1) is 5.92 Å². The number of hydrogen-bond donors (Lipinski definition) is 3. The molecule has 1 fully saturated rings. The lowest BCUT2D eigenvalue weighted by molar-refractivity contribution is -0.159. The fourth-order valence-corrected chi connectivity index (χ4v) is 4.70. The zero-order chi connectivity index (χ0) is 32.1. The van der Waals surface area contributed by atoms with Crippen molar-refractivity contribution < 1.29 is 33.8 Å². The molecule has 0 aromatic heterocycles. The van der Waals surface area contributed by atoms with E-state index in [2.05, 4.69) is 10.6 Å². The first-order valence-electron chi connectivity index (χ1n) is 14.6. The Labute approximate surface area is 254 Å². The predicted octanol–water partition coefficient (Wildman–Crippen LogP) is 4.65. The second kappa shape index (κ2) is 13.5. The minimum absolute atomic E-state index is 0.00348. The molecule has 10 heteroatoms. The van der Waals surface area contributed by atoms with Gasteiger partial charge in [0.1, 0.15) is 35.1 Å². The monoisotopic (exact) mass is 595 g/mol. The normalized spacial score (nSPS) is 18.4. The van der Waals surface area contributed by atoms with Crippen LogP contribution in [0.15, 0.2) is 54.6 Å². The smallest absolute Gasteiger partial charge is 0.408 e. The minimum atomic E-state index is -1.16. The molecule has 2 aromatic rings. The predicted molar refractivity (Wildman–Crippen MR) is 162 cm³/mol. The first-order valence-corrected chi connectivity index (χ1v) is 14.6. The second-order valence-electron chi connectivity index (χ2n) is 13.2. The molecule has 0 aliphatic heterocycles. The lowest BCUT2D eigenvalue weighted by atomic mass is 10.0. The summed E-state index contributed by atoms with van der Waals surface area (Å²) in [5.41, 5.74) is -0.295. The van der Waals surface area contributed by atoms with Gasteiger partial charge in [0, 0.05) is 12.5 Å². The van der Waals surface area contributed by atoms with Gasteiger partial charge in [-0.05, 0) is 84.1 Å². The Balaban J connectivity index is 1.98. The number of phenols is 1. The second-order valence-corrected chi connectivity index (χ2v) is 13.2. The average Bonchev–Trinajstić information content (AvgIpc) is 3.61. The molecule has 0 heterocycles. The highest BCUT2D eigenvalue weighted by atomic mass is 16.6. The lowest BCUT2D eigenvalue weighted by Gasteiger charge is -2.35. The van der Waals surface area contributed by atoms with Gasteiger partial charge in [0.05, 0.1) is 0 Å². The summed E-state index contributed by atoms with van der Waals surface area (Å²) < 4.78 is 11.0. The van der Waals surface area contributed by atoms with Crippen LogP contribution in [-0.4, -0.2) is 63.2 Å². The summed E-state index contributed by atoms with van der Waals surface area (Å²) in [7, 11) is 0. The van der Waals surface area contributed by atoms with Crippen LogP contribution in [0.2, 0.25) is 0 Å². The molecule has 5 unspecified atom stereocenters. The Hall–Kier alpha value is -4.08. The number of rotatable bonds is 10. The summed E-state index contributed by atoms with van der Waals surface area (Å²) in [5.74, 6) is -1.57. The Morgan fingerprint density at radius 2 is 1.47 bits per heavy atom. The van der Waals surface area contributed by atoms with Crippen LogP contribution in [0.5, 0.6) is 5.75 Å². The number of carbonyl (C=O) groups excluding carboxylic acids is 4. The highest BCUT2D eigenvalue weighted by Gasteiger charge is 2.48. The van der Waals surface area contributed by atoms with Crippen LogP contribution < -0.4 is 10.6 Å². The van der Waals surface area contributed by atoms with E-state index < -0.39 is 53.2 Å². The molecule has 10 nitrogen and oxygen atoms in total. The highest BCUT2D eigenvalue weighted by molar-refractivity contribution is 5.94. The van der Waals surface area contributed by atoms with E-state index in [1.54, 1.807) is 53.7 Å². The maximum Gasteiger partial charge on any atom is 0.408 e. The quantitative estimate of drug-likeness (QED) is 0.340. The minimum Gasteiger partial charge on any atom is -0.508 e. The lowest BCUT2D eigenvalue weighted by Crippen LogP contribution is -2.55. The molecule has 0 bridgehead atoms. The molecular formula is C33H45N3O7. The van der Waals surface area contributed by atoms with Gasteiger partial charge in [0.2, 0.25) is 11.8 Å². The number of nitrogens with zero attached hydrogens (tertiary/aromatic N) is 1. The van der Waals surface area contributed by atoms with Crippen LogP contribution in [0.25, 0.3) is 0 Å². The third kappa shape index (κ3) is 10.0. The van der Waals surface area contributed by atoms with Crippen molar-refractivity contribution in [2.75, 3.05) is 0 Å². The van der Waals surface area contributed by atoms with Gasteiger partial charge in [-0.1, -0.05) is 49.4 Å². The van der Waals surface area contributed by atoms with Crippen molar-refractivity contribution in [3.8, 4) is 5.75 Å². The fraction of sp³-hybridized carbons (Fsp3) is 0.515. The Kier molecular flexibility index (Phi) is 10.5. The third-order valence-electron chi connectivity index (χ3n) is 6.81. The van der Waals surface area contributed by atoms with Gasteiger partial charge in [0.25, 0.3) is 0 Å². The van der Waals surface area contributed by atoms with E-state index in [1.807, 2.05) is 37.3 Å². The number of phenolic OH excluding ortho intramolecular Hbond substituents is 1. The van der Waals surface area contributed by atoms with Crippen molar-refractivity contribution in [1.82, 2.24) is 15.5 Å². The molecular weight excluding hydrogens is 550 g/mol. The third-order valence-corrected chi connectivity index (χ3v) is 6.81. The van der Waals surface area contributed by atoms with Gasteiger partial charge in [-0.2, -0.15) is 0 Å². The number of nitrogens with one attached hydrogen (secondary N) is 2. The molecule has 1 saturated carbocycles. The van der Waals surface area contributed by atoms with Crippen molar-refractivity contribution in [1.29, 1.82) is 0 Å². The van der Waals surface area contributed by atoms with Crippen molar-refractivity contribution in [3.63, 3.8) is 0 Å². The molecule has 3 N–H and O–H groups in total. The number of aromatic hydroxyl groups is 1. The van der Waals surface area contributed by atoms with Crippen LogP contribution in [0.4, 0.5) is 4.79 Å². The molecule has 0 saturated heterocycles. The van der Waals surface area contributed by atoms with Gasteiger partial charge in [-0.3, -0.25) is 9.59 Å². The van der Waals surface area contributed by atoms with E-state index in [1.165, 1.54) is 24.0 Å². The summed E-state index contributed by atoms with van der Waals surface area (Å²) in [5, 5.41) is 15.4. The largest absolute Gasteiger partial charge is 0.508 e. The number of benzene rings is 2. The Morgan fingerprint density at radius 1 is 0.907 bits per heavy atom. The first-order chi connectivity index (χ1) is 19.9. The van der Waals surface area contributed by atoms with E-state index in [0.717, 1.165) is 5.56 Å². The van der Waals surface area contributed by atoms with Crippen LogP contribution in [0.1, 0.15) is 79.0 Å². The van der Waals surface area contributed by atoms with E-state index in [4.69, 9.17) is 9.47 Å². The summed E-state index contributed by atoms with van der Waals surface area (Å²) in [4.78, 5) is 55.5. The van der Waals surface area contributed by atoms with Crippen molar-refractivity contribution in [2.24, 2.45) is 5.92 Å². The fourth-order valence-electron chi connectivity index (χ4n) is 4.70. The molecule has 3 rings (SSSR count). The summed E-state index contributed by atoms with van der Waals surface area (Å²) >= 11 is 0. The SMILES string of the molecule is CC(NC(=O)OC(C)(C)C)C(=O)N(C(C(=O)NC(Cc1ccccc1)C(=O)OC(C)(C)C)c1ccc(O)cc1)C1CC1C. The van der Waals surface area contributed by atoms with Gasteiger partial charge >= 0.3 is 12.1 Å². The molecule has 0 spiro atoms. The Morgan fingerprint density at radius 3 is 1.98 bits per heavy atom. The number of hydrogen-bond acceptors (Lipinski definition) is 7. The zero-order valence-electron chi connectivity index (χ0n) is 26.3. The van der Waals surface area contributed by atoms with Crippen LogP contribution in [-0.2, 0) is 30.3 Å². The molecule has 234 valence electrons. The molecule has 1 aliphatic carbocycles. The highest BCUT2D eigenvalue weighted by Crippen LogP contribution is 2.41. The first kappa shape index (κ1) is 33.4. The van der Waals surface area contributed by atoms with Crippen molar-refractivity contribution >= 4 is 23.9 Å². The van der Waals surface area contributed by atoms with Gasteiger partial charge in [0.15, 0.2) is 0 Å².